The third-order valence-corrected chi connectivity index (χ3v) is 5.69. The van der Waals surface area contributed by atoms with Crippen molar-refractivity contribution in [3.05, 3.63) is 58.1 Å². The Hall–Kier alpha value is -2.38. The van der Waals surface area contributed by atoms with Gasteiger partial charge in [-0.2, -0.15) is 0 Å². The van der Waals surface area contributed by atoms with Crippen LogP contribution in [-0.4, -0.2) is 28.5 Å². The Kier molecular flexibility index (Phi) is 6.05. The molecular weight excluding hydrogens is 352 g/mol. The Bertz CT molecular complexity index is 914. The van der Waals surface area contributed by atoms with Crippen LogP contribution in [-0.2, 0) is 16.6 Å². The van der Waals surface area contributed by atoms with Crippen molar-refractivity contribution in [2.24, 2.45) is 0 Å². The molecule has 0 saturated carbocycles. The molecule has 2 N–H and O–H groups in total. The minimum absolute atomic E-state index is 0.0714. The zero-order valence-corrected chi connectivity index (χ0v) is 16.5. The SMILES string of the molecule is CNS(=O)(=O)c1cc(C(=O)NCc2c(C)cc(C)cc2C)ccc1OC. The summed E-state index contributed by atoms with van der Waals surface area (Å²) in [5.74, 6) is -0.166. The number of benzene rings is 2. The lowest BCUT2D eigenvalue weighted by molar-refractivity contribution is 0.0950. The fourth-order valence-electron chi connectivity index (χ4n) is 2.90. The van der Waals surface area contributed by atoms with Crippen LogP contribution in [0.3, 0.4) is 0 Å². The molecule has 6 nitrogen and oxygen atoms in total. The van der Waals surface area contributed by atoms with E-state index in [1.807, 2.05) is 20.8 Å². The van der Waals surface area contributed by atoms with Gasteiger partial charge in [-0.3, -0.25) is 4.79 Å². The van der Waals surface area contributed by atoms with Crippen LogP contribution in [0.5, 0.6) is 5.75 Å². The van der Waals surface area contributed by atoms with Crippen LogP contribution in [0.25, 0.3) is 0 Å². The van der Waals surface area contributed by atoms with Crippen molar-refractivity contribution < 1.29 is 17.9 Å². The van der Waals surface area contributed by atoms with Crippen LogP contribution >= 0.6 is 0 Å². The molecule has 0 radical (unpaired) electrons. The molecule has 2 aromatic rings. The third-order valence-electron chi connectivity index (χ3n) is 4.25. The number of aryl methyl sites for hydroxylation is 3. The standard InChI is InChI=1S/C19H24N2O4S/c1-12-8-13(2)16(14(3)9-12)11-21-19(22)15-6-7-17(25-5)18(10-15)26(23,24)20-4/h6-10,20H,11H2,1-5H3,(H,21,22). The van der Waals surface area contributed by atoms with Crippen molar-refractivity contribution in [2.45, 2.75) is 32.2 Å². The first-order valence-electron chi connectivity index (χ1n) is 8.16. The van der Waals surface area contributed by atoms with Crippen molar-refractivity contribution in [2.75, 3.05) is 14.2 Å². The van der Waals surface area contributed by atoms with Crippen molar-refractivity contribution in [1.82, 2.24) is 10.0 Å². The fourth-order valence-corrected chi connectivity index (χ4v) is 3.82. The van der Waals surface area contributed by atoms with Gasteiger partial charge in [-0.1, -0.05) is 17.7 Å². The highest BCUT2D eigenvalue weighted by atomic mass is 32.2. The number of nitrogens with one attached hydrogen (secondary N) is 2. The van der Waals surface area contributed by atoms with E-state index in [1.54, 1.807) is 0 Å². The van der Waals surface area contributed by atoms with Crippen molar-refractivity contribution in [3.63, 3.8) is 0 Å². The zero-order chi connectivity index (χ0) is 19.5. The van der Waals surface area contributed by atoms with E-state index in [1.165, 1.54) is 37.9 Å². The number of methoxy groups -OCH3 is 1. The molecular formula is C19H24N2O4S. The van der Waals surface area contributed by atoms with Crippen LogP contribution < -0.4 is 14.8 Å². The molecule has 7 heteroatoms. The first-order chi connectivity index (χ1) is 12.2. The molecule has 2 rings (SSSR count). The monoisotopic (exact) mass is 376 g/mol. The molecule has 0 fully saturated rings. The van der Waals surface area contributed by atoms with E-state index in [2.05, 4.69) is 22.2 Å². The van der Waals surface area contributed by atoms with Crippen molar-refractivity contribution >= 4 is 15.9 Å². The summed E-state index contributed by atoms with van der Waals surface area (Å²) in [4.78, 5) is 12.4. The largest absolute Gasteiger partial charge is 0.495 e. The maximum atomic E-state index is 12.5. The summed E-state index contributed by atoms with van der Waals surface area (Å²) < 4.78 is 31.6. The highest BCUT2D eigenvalue weighted by molar-refractivity contribution is 7.89. The molecule has 0 aliphatic rings. The Balaban J connectivity index is 2.27. The molecule has 0 bridgehead atoms. The molecule has 0 saturated heterocycles. The summed E-state index contributed by atoms with van der Waals surface area (Å²) >= 11 is 0. The Morgan fingerprint density at radius 1 is 1.08 bits per heavy atom. The first kappa shape index (κ1) is 19.9. The van der Waals surface area contributed by atoms with Gasteiger partial charge in [0.1, 0.15) is 10.6 Å². The van der Waals surface area contributed by atoms with Gasteiger partial charge in [0.25, 0.3) is 5.91 Å². The lowest BCUT2D eigenvalue weighted by Gasteiger charge is -2.14. The summed E-state index contributed by atoms with van der Waals surface area (Å²) in [6.07, 6.45) is 0. The molecule has 0 aliphatic heterocycles. The summed E-state index contributed by atoms with van der Waals surface area (Å²) in [5, 5.41) is 2.86. The molecule has 0 heterocycles. The minimum Gasteiger partial charge on any atom is -0.495 e. The fraction of sp³-hybridized carbons (Fsp3) is 0.316. The van der Waals surface area contributed by atoms with Crippen LogP contribution in [0.4, 0.5) is 0 Å². The van der Waals surface area contributed by atoms with Crippen molar-refractivity contribution in [1.29, 1.82) is 0 Å². The Morgan fingerprint density at radius 2 is 1.69 bits per heavy atom. The lowest BCUT2D eigenvalue weighted by atomic mass is 10.00. The predicted molar refractivity (Wildman–Crippen MR) is 101 cm³/mol. The van der Waals surface area contributed by atoms with Crippen molar-refractivity contribution in [3.8, 4) is 5.75 Å². The van der Waals surface area contributed by atoms with Crippen LogP contribution in [0.2, 0.25) is 0 Å². The van der Waals surface area contributed by atoms with Crippen LogP contribution in [0.1, 0.15) is 32.6 Å². The van der Waals surface area contributed by atoms with Gasteiger partial charge in [0.2, 0.25) is 10.0 Å². The number of ether oxygens (including phenoxy) is 1. The number of carbonyl (C=O) groups is 1. The maximum Gasteiger partial charge on any atom is 0.251 e. The number of amides is 1. The Morgan fingerprint density at radius 3 is 2.23 bits per heavy atom. The predicted octanol–water partition coefficient (Wildman–Crippen LogP) is 2.46. The second-order valence-corrected chi connectivity index (χ2v) is 7.99. The molecule has 1 amide bonds. The number of hydrogen-bond acceptors (Lipinski definition) is 4. The van der Waals surface area contributed by atoms with E-state index >= 15 is 0 Å². The molecule has 140 valence electrons. The highest BCUT2D eigenvalue weighted by Crippen LogP contribution is 2.25. The highest BCUT2D eigenvalue weighted by Gasteiger charge is 2.20. The number of sulfonamides is 1. The van der Waals surface area contributed by atoms with Gasteiger partial charge in [-0.05, 0) is 62.7 Å². The van der Waals surface area contributed by atoms with E-state index in [4.69, 9.17) is 4.74 Å². The van der Waals surface area contributed by atoms with Gasteiger partial charge in [0, 0.05) is 12.1 Å². The molecule has 0 aliphatic carbocycles. The molecule has 0 spiro atoms. The Labute approximate surface area is 154 Å². The smallest absolute Gasteiger partial charge is 0.251 e. The second kappa shape index (κ2) is 7.88. The normalized spacial score (nSPS) is 11.3. The first-order valence-corrected chi connectivity index (χ1v) is 9.64. The van der Waals surface area contributed by atoms with E-state index in [9.17, 15) is 13.2 Å². The number of rotatable bonds is 6. The average molecular weight is 376 g/mol. The van der Waals surface area contributed by atoms with Gasteiger partial charge < -0.3 is 10.1 Å². The summed E-state index contributed by atoms with van der Waals surface area (Å²) in [7, 11) is -1.05. The molecule has 0 atom stereocenters. The van der Waals surface area contributed by atoms with Crippen LogP contribution in [0, 0.1) is 20.8 Å². The lowest BCUT2D eigenvalue weighted by Crippen LogP contribution is -2.25. The summed E-state index contributed by atoms with van der Waals surface area (Å²) in [6.45, 7) is 6.42. The van der Waals surface area contributed by atoms with E-state index < -0.39 is 10.0 Å². The maximum absolute atomic E-state index is 12.5. The average Bonchev–Trinajstić information content (AvgIpc) is 2.60. The quantitative estimate of drug-likeness (QED) is 0.811. The van der Waals surface area contributed by atoms with Gasteiger partial charge >= 0.3 is 0 Å². The van der Waals surface area contributed by atoms with Gasteiger partial charge in [0.15, 0.2) is 0 Å². The molecule has 2 aromatic carbocycles. The topological polar surface area (TPSA) is 84.5 Å². The molecule has 0 unspecified atom stereocenters. The third kappa shape index (κ3) is 4.23. The number of carbonyl (C=O) groups excluding carboxylic acids is 1. The summed E-state index contributed by atoms with van der Waals surface area (Å²) in [6, 6.07) is 8.47. The number of hydrogen-bond donors (Lipinski definition) is 2. The van der Waals surface area contributed by atoms with E-state index in [-0.39, 0.29) is 22.1 Å². The van der Waals surface area contributed by atoms with E-state index in [0.717, 1.165) is 16.7 Å². The van der Waals surface area contributed by atoms with E-state index in [0.29, 0.717) is 6.54 Å². The van der Waals surface area contributed by atoms with Gasteiger partial charge in [-0.25, -0.2) is 13.1 Å². The van der Waals surface area contributed by atoms with Gasteiger partial charge in [0.05, 0.1) is 7.11 Å². The molecule has 0 aromatic heterocycles. The van der Waals surface area contributed by atoms with Gasteiger partial charge in [-0.15, -0.1) is 0 Å². The zero-order valence-electron chi connectivity index (χ0n) is 15.6. The minimum atomic E-state index is -3.74. The summed E-state index contributed by atoms with van der Waals surface area (Å²) in [5.41, 5.74) is 4.70. The second-order valence-electron chi connectivity index (χ2n) is 6.13. The molecule has 26 heavy (non-hydrogen) atoms. The van der Waals surface area contributed by atoms with Crippen LogP contribution in [0.15, 0.2) is 35.2 Å².